The summed E-state index contributed by atoms with van der Waals surface area (Å²) >= 11 is 0. The molecule has 8 heteroatoms. The number of nitrogens with one attached hydrogen (secondary N) is 1. The zero-order valence-electron chi connectivity index (χ0n) is 14.4. The highest BCUT2D eigenvalue weighted by atomic mass is 19.1. The number of fused-ring (bicyclic) bond motifs is 1. The van der Waals surface area contributed by atoms with E-state index in [1.54, 1.807) is 12.1 Å². The molecule has 27 heavy (non-hydrogen) atoms. The standard InChI is InChI=1S/C19H17FN2O5/c20-16-8-7-15(10-17(16)22(25)26)21-18(23)11-27-19(24)14-6-5-12-3-1-2-4-13(12)9-14/h5-10H,1-4,11H2,(H,21,23). The van der Waals surface area contributed by atoms with Gasteiger partial charge < -0.3 is 10.1 Å². The first-order chi connectivity index (χ1) is 12.9. The molecule has 140 valence electrons. The third-order valence-electron chi connectivity index (χ3n) is 4.35. The maximum Gasteiger partial charge on any atom is 0.338 e. The maximum atomic E-state index is 13.3. The molecular weight excluding hydrogens is 355 g/mol. The van der Waals surface area contributed by atoms with Crippen molar-refractivity contribution < 1.29 is 23.6 Å². The zero-order chi connectivity index (χ0) is 19.4. The number of hydrogen-bond acceptors (Lipinski definition) is 5. The highest BCUT2D eigenvalue weighted by molar-refractivity contribution is 5.95. The number of esters is 1. The molecule has 0 aromatic heterocycles. The fourth-order valence-corrected chi connectivity index (χ4v) is 3.00. The molecule has 0 heterocycles. The average Bonchev–Trinajstić information content (AvgIpc) is 2.67. The van der Waals surface area contributed by atoms with Crippen LogP contribution < -0.4 is 5.32 Å². The van der Waals surface area contributed by atoms with Crippen LogP contribution in [0.3, 0.4) is 0 Å². The Balaban J connectivity index is 1.58. The summed E-state index contributed by atoms with van der Waals surface area (Å²) in [5.41, 5.74) is 2.02. The van der Waals surface area contributed by atoms with Crippen molar-refractivity contribution in [2.45, 2.75) is 25.7 Å². The van der Waals surface area contributed by atoms with E-state index in [0.717, 1.165) is 43.4 Å². The predicted molar refractivity (Wildman–Crippen MR) is 95.1 cm³/mol. The van der Waals surface area contributed by atoms with Gasteiger partial charge in [0.05, 0.1) is 10.5 Å². The van der Waals surface area contributed by atoms with E-state index in [4.69, 9.17) is 4.74 Å². The zero-order valence-corrected chi connectivity index (χ0v) is 14.4. The molecule has 0 spiro atoms. The number of ether oxygens (including phenoxy) is 1. The average molecular weight is 372 g/mol. The van der Waals surface area contributed by atoms with Crippen LogP contribution in [0.5, 0.6) is 0 Å². The maximum absolute atomic E-state index is 13.3. The Morgan fingerprint density at radius 2 is 1.85 bits per heavy atom. The van der Waals surface area contributed by atoms with Crippen LogP contribution >= 0.6 is 0 Å². The quantitative estimate of drug-likeness (QED) is 0.493. The summed E-state index contributed by atoms with van der Waals surface area (Å²) in [6.07, 6.45) is 4.13. The lowest BCUT2D eigenvalue weighted by molar-refractivity contribution is -0.387. The third-order valence-corrected chi connectivity index (χ3v) is 4.35. The van der Waals surface area contributed by atoms with Crippen molar-refractivity contribution in [2.24, 2.45) is 0 Å². The summed E-state index contributed by atoms with van der Waals surface area (Å²) in [5.74, 6) is -2.30. The molecule has 0 atom stereocenters. The van der Waals surface area contributed by atoms with Gasteiger partial charge in [0.2, 0.25) is 5.82 Å². The largest absolute Gasteiger partial charge is 0.452 e. The van der Waals surface area contributed by atoms with Gasteiger partial charge in [0.1, 0.15) is 0 Å². The molecule has 0 saturated heterocycles. The lowest BCUT2D eigenvalue weighted by atomic mass is 9.90. The molecule has 3 rings (SSSR count). The van der Waals surface area contributed by atoms with E-state index >= 15 is 0 Å². The molecule has 0 radical (unpaired) electrons. The smallest absolute Gasteiger partial charge is 0.338 e. The van der Waals surface area contributed by atoms with E-state index in [2.05, 4.69) is 5.32 Å². The highest BCUT2D eigenvalue weighted by Crippen LogP contribution is 2.23. The Bertz CT molecular complexity index is 913. The first kappa shape index (κ1) is 18.5. The van der Waals surface area contributed by atoms with E-state index in [-0.39, 0.29) is 5.69 Å². The van der Waals surface area contributed by atoms with Crippen molar-refractivity contribution in [3.05, 3.63) is 69.0 Å². The van der Waals surface area contributed by atoms with Crippen LogP contribution in [0.4, 0.5) is 15.8 Å². The van der Waals surface area contributed by atoms with Crippen molar-refractivity contribution in [3.63, 3.8) is 0 Å². The minimum Gasteiger partial charge on any atom is -0.452 e. The number of carbonyl (C=O) groups excluding carboxylic acids is 2. The van der Waals surface area contributed by atoms with Gasteiger partial charge in [0.25, 0.3) is 5.91 Å². The third kappa shape index (κ3) is 4.46. The summed E-state index contributed by atoms with van der Waals surface area (Å²) in [6, 6.07) is 8.34. The molecule has 0 bridgehead atoms. The van der Waals surface area contributed by atoms with Gasteiger partial charge in [0.15, 0.2) is 6.61 Å². The highest BCUT2D eigenvalue weighted by Gasteiger charge is 2.17. The van der Waals surface area contributed by atoms with Crippen molar-refractivity contribution in [2.75, 3.05) is 11.9 Å². The van der Waals surface area contributed by atoms with Gasteiger partial charge in [-0.3, -0.25) is 14.9 Å². The SMILES string of the molecule is O=C(COC(=O)c1ccc2c(c1)CCCC2)Nc1ccc(F)c([N+](=O)[O-])c1. The second-order valence-electron chi connectivity index (χ2n) is 6.24. The molecule has 0 saturated carbocycles. The van der Waals surface area contributed by atoms with Crippen LogP contribution in [-0.4, -0.2) is 23.4 Å². The van der Waals surface area contributed by atoms with Gasteiger partial charge in [-0.05, 0) is 61.1 Å². The monoisotopic (exact) mass is 372 g/mol. The van der Waals surface area contributed by atoms with Crippen LogP contribution in [0.1, 0.15) is 34.3 Å². The first-order valence-electron chi connectivity index (χ1n) is 8.47. The molecule has 0 aliphatic heterocycles. The lowest BCUT2D eigenvalue weighted by Gasteiger charge is -2.16. The van der Waals surface area contributed by atoms with E-state index in [0.29, 0.717) is 5.56 Å². The fraction of sp³-hybridized carbons (Fsp3) is 0.263. The summed E-state index contributed by atoms with van der Waals surface area (Å²) < 4.78 is 18.3. The van der Waals surface area contributed by atoms with Crippen molar-refractivity contribution >= 4 is 23.3 Å². The van der Waals surface area contributed by atoms with Gasteiger partial charge >= 0.3 is 11.7 Å². The van der Waals surface area contributed by atoms with E-state index in [1.807, 2.05) is 6.07 Å². The second-order valence-corrected chi connectivity index (χ2v) is 6.24. The van der Waals surface area contributed by atoms with E-state index in [9.17, 15) is 24.1 Å². The summed E-state index contributed by atoms with van der Waals surface area (Å²) in [4.78, 5) is 33.9. The Morgan fingerprint density at radius 3 is 2.59 bits per heavy atom. The number of halogens is 1. The van der Waals surface area contributed by atoms with Crippen molar-refractivity contribution in [3.8, 4) is 0 Å². The molecule has 1 amide bonds. The minimum absolute atomic E-state index is 0.0397. The van der Waals surface area contributed by atoms with Gasteiger partial charge in [-0.15, -0.1) is 0 Å². The molecule has 1 aliphatic rings. The first-order valence-corrected chi connectivity index (χ1v) is 8.47. The number of amides is 1. The Hall–Kier alpha value is -3.29. The van der Waals surface area contributed by atoms with Crippen LogP contribution in [0.25, 0.3) is 0 Å². The number of hydrogen-bond donors (Lipinski definition) is 1. The number of rotatable bonds is 5. The topological polar surface area (TPSA) is 98.5 Å². The van der Waals surface area contributed by atoms with Gasteiger partial charge in [0, 0.05) is 11.8 Å². The summed E-state index contributed by atoms with van der Waals surface area (Å²) in [7, 11) is 0. The van der Waals surface area contributed by atoms with E-state index in [1.165, 1.54) is 11.6 Å². The Kier molecular flexibility index (Phi) is 5.44. The fourth-order valence-electron chi connectivity index (χ4n) is 3.00. The second kappa shape index (κ2) is 7.94. The number of benzene rings is 2. The van der Waals surface area contributed by atoms with Gasteiger partial charge in [-0.2, -0.15) is 4.39 Å². The molecule has 1 aliphatic carbocycles. The number of carbonyl (C=O) groups is 2. The van der Waals surface area contributed by atoms with Crippen LogP contribution in [0, 0.1) is 15.9 Å². The Morgan fingerprint density at radius 1 is 1.11 bits per heavy atom. The molecule has 0 unspecified atom stereocenters. The molecule has 7 nitrogen and oxygen atoms in total. The number of aryl methyl sites for hydroxylation is 2. The lowest BCUT2D eigenvalue weighted by Crippen LogP contribution is -2.21. The number of nitro groups is 1. The number of anilines is 1. The predicted octanol–water partition coefficient (Wildman–Crippen LogP) is 3.41. The van der Waals surface area contributed by atoms with Crippen LogP contribution in [0.15, 0.2) is 36.4 Å². The summed E-state index contributed by atoms with van der Waals surface area (Å²) in [5, 5.41) is 13.1. The Labute approximate surface area is 154 Å². The minimum atomic E-state index is -1.00. The van der Waals surface area contributed by atoms with Gasteiger partial charge in [-0.25, -0.2) is 4.79 Å². The number of nitrogens with zero attached hydrogens (tertiary/aromatic N) is 1. The van der Waals surface area contributed by atoms with Gasteiger partial charge in [-0.1, -0.05) is 6.07 Å². The van der Waals surface area contributed by atoms with Crippen molar-refractivity contribution in [1.29, 1.82) is 0 Å². The molecule has 2 aromatic carbocycles. The molecular formula is C19H17FN2O5. The number of nitro benzene ring substituents is 1. The van der Waals surface area contributed by atoms with Crippen molar-refractivity contribution in [1.82, 2.24) is 0 Å². The molecule has 0 fully saturated rings. The van der Waals surface area contributed by atoms with Crippen LogP contribution in [-0.2, 0) is 22.4 Å². The van der Waals surface area contributed by atoms with Crippen LogP contribution in [0.2, 0.25) is 0 Å². The molecule has 1 N–H and O–H groups in total. The normalized spacial score (nSPS) is 12.8. The van der Waals surface area contributed by atoms with E-state index < -0.39 is 34.9 Å². The summed E-state index contributed by atoms with van der Waals surface area (Å²) in [6.45, 7) is -0.554. The molecule has 2 aromatic rings.